The molecule has 3 rings (SSSR count). The van der Waals surface area contributed by atoms with Crippen LogP contribution in [0, 0.1) is 0 Å². The van der Waals surface area contributed by atoms with Crippen LogP contribution in [-0.2, 0) is 0 Å². The highest BCUT2D eigenvalue weighted by atomic mass is 79.9. The molecule has 0 aliphatic carbocycles. The molecule has 0 bridgehead atoms. The smallest absolute Gasteiger partial charge is 0.239 e. The largest absolute Gasteiger partial charge is 0.496 e. The van der Waals surface area contributed by atoms with Crippen molar-refractivity contribution >= 4 is 26.9 Å². The van der Waals surface area contributed by atoms with Gasteiger partial charge < -0.3 is 32.8 Å². The maximum Gasteiger partial charge on any atom is 0.239 e. The molecule has 8 nitrogen and oxygen atoms in total. The molecule has 0 aliphatic heterocycles. The van der Waals surface area contributed by atoms with Crippen LogP contribution in [-0.4, -0.2) is 45.5 Å². The average Bonchev–Trinajstić information content (AvgIpc) is 2.82. The summed E-state index contributed by atoms with van der Waals surface area (Å²) in [5.41, 5.74) is -0.315. The zero-order valence-electron chi connectivity index (χ0n) is 22.2. The molecule has 0 radical (unpaired) electrons. The maximum atomic E-state index is 14.0. The van der Waals surface area contributed by atoms with Gasteiger partial charge in [0, 0.05) is 28.4 Å². The van der Waals surface area contributed by atoms with E-state index in [1.807, 2.05) is 27.7 Å². The molecular weight excluding hydrogens is 532 g/mol. The number of methoxy groups -OCH3 is 5. The summed E-state index contributed by atoms with van der Waals surface area (Å²) in [7, 11) is 7.57. The fourth-order valence-electron chi connectivity index (χ4n) is 4.34. The molecule has 0 saturated carbocycles. The van der Waals surface area contributed by atoms with Gasteiger partial charge in [0.05, 0.1) is 35.5 Å². The minimum absolute atomic E-state index is 0.0435. The van der Waals surface area contributed by atoms with Gasteiger partial charge in [-0.3, -0.25) is 4.79 Å². The van der Waals surface area contributed by atoms with E-state index in [1.165, 1.54) is 35.5 Å². The zero-order chi connectivity index (χ0) is 26.8. The summed E-state index contributed by atoms with van der Waals surface area (Å²) in [5, 5.41) is 0.249. The Morgan fingerprint density at radius 3 is 1.83 bits per heavy atom. The molecule has 0 aliphatic rings. The predicted molar refractivity (Wildman–Crippen MR) is 143 cm³/mol. The van der Waals surface area contributed by atoms with Gasteiger partial charge in [0.25, 0.3) is 0 Å². The SMILES string of the molecule is COc1cc(OC)c2c(=O)c(OC(C)(C)CC(C)(C)Br)c(-c3cc(OC)c(OC)c(OC)c3)oc2c1. The van der Waals surface area contributed by atoms with Crippen molar-refractivity contribution in [1.82, 2.24) is 0 Å². The monoisotopic (exact) mass is 564 g/mol. The van der Waals surface area contributed by atoms with Gasteiger partial charge in [-0.25, -0.2) is 0 Å². The Labute approximate surface area is 219 Å². The Bertz CT molecular complexity index is 1280. The van der Waals surface area contributed by atoms with Crippen LogP contribution in [0.4, 0.5) is 0 Å². The second kappa shape index (κ2) is 10.5. The Hall–Kier alpha value is -3.07. The molecular formula is C27H33BrO8. The fraction of sp³-hybridized carbons (Fsp3) is 0.444. The summed E-state index contributed by atoms with van der Waals surface area (Å²) in [5.74, 6) is 2.28. The van der Waals surface area contributed by atoms with Gasteiger partial charge in [0.15, 0.2) is 17.3 Å². The Balaban J connectivity index is 2.41. The predicted octanol–water partition coefficient (Wildman–Crippen LogP) is 6.22. The van der Waals surface area contributed by atoms with E-state index < -0.39 is 5.60 Å². The minimum Gasteiger partial charge on any atom is -0.496 e. The van der Waals surface area contributed by atoms with Gasteiger partial charge in [-0.15, -0.1) is 0 Å². The topological polar surface area (TPSA) is 85.6 Å². The number of hydrogen-bond donors (Lipinski definition) is 0. The van der Waals surface area contributed by atoms with E-state index in [0.717, 1.165) is 0 Å². The van der Waals surface area contributed by atoms with Crippen molar-refractivity contribution in [3.05, 3.63) is 34.5 Å². The molecule has 0 saturated heterocycles. The molecule has 0 spiro atoms. The first-order valence-electron chi connectivity index (χ1n) is 11.3. The molecule has 0 atom stereocenters. The van der Waals surface area contributed by atoms with Crippen molar-refractivity contribution in [3.8, 4) is 45.8 Å². The van der Waals surface area contributed by atoms with Crippen LogP contribution >= 0.6 is 15.9 Å². The fourth-order valence-corrected chi connectivity index (χ4v) is 5.02. The molecule has 0 fully saturated rings. The number of halogens is 1. The maximum absolute atomic E-state index is 14.0. The molecule has 2 aromatic carbocycles. The first-order valence-corrected chi connectivity index (χ1v) is 12.1. The minimum atomic E-state index is -0.732. The number of ether oxygens (including phenoxy) is 6. The van der Waals surface area contributed by atoms with E-state index in [-0.39, 0.29) is 32.2 Å². The van der Waals surface area contributed by atoms with Crippen molar-refractivity contribution in [2.45, 2.75) is 44.0 Å². The highest BCUT2D eigenvalue weighted by molar-refractivity contribution is 9.10. The second-order valence-corrected chi connectivity index (χ2v) is 11.6. The normalized spacial score (nSPS) is 11.8. The number of alkyl halides is 1. The van der Waals surface area contributed by atoms with E-state index in [0.29, 0.717) is 40.7 Å². The Morgan fingerprint density at radius 1 is 0.778 bits per heavy atom. The van der Waals surface area contributed by atoms with Gasteiger partial charge in [-0.1, -0.05) is 15.9 Å². The van der Waals surface area contributed by atoms with E-state index in [1.54, 1.807) is 24.3 Å². The summed E-state index contributed by atoms with van der Waals surface area (Å²) in [6, 6.07) is 6.68. The van der Waals surface area contributed by atoms with Crippen molar-refractivity contribution < 1.29 is 32.8 Å². The molecule has 0 N–H and O–H groups in total. The summed E-state index contributed by atoms with van der Waals surface area (Å²) in [6.45, 7) is 7.92. The number of benzene rings is 2. The van der Waals surface area contributed by atoms with Gasteiger partial charge >= 0.3 is 0 Å². The standard InChI is InChI=1S/C27H33BrO8/c1-26(2,28)14-27(3,4)36-25-22(29)21-17(31-6)12-16(30-5)13-18(21)35-23(25)15-10-19(32-7)24(34-9)20(11-15)33-8/h10-13H,14H2,1-9H3. The van der Waals surface area contributed by atoms with E-state index in [4.69, 9.17) is 32.8 Å². The third-order valence-electron chi connectivity index (χ3n) is 5.50. The summed E-state index contributed by atoms with van der Waals surface area (Å²) >= 11 is 3.68. The summed E-state index contributed by atoms with van der Waals surface area (Å²) in [4.78, 5) is 14.0. The molecule has 36 heavy (non-hydrogen) atoms. The summed E-state index contributed by atoms with van der Waals surface area (Å²) in [6.07, 6.45) is 0.603. The van der Waals surface area contributed by atoms with Gasteiger partial charge in [0.1, 0.15) is 28.1 Å². The molecule has 3 aromatic rings. The average molecular weight is 565 g/mol. The lowest BCUT2D eigenvalue weighted by atomic mass is 9.95. The molecule has 196 valence electrons. The lowest BCUT2D eigenvalue weighted by molar-refractivity contribution is 0.0889. The molecule has 9 heteroatoms. The van der Waals surface area contributed by atoms with Crippen LogP contribution < -0.4 is 33.8 Å². The van der Waals surface area contributed by atoms with Crippen LogP contribution in [0.5, 0.6) is 34.5 Å². The second-order valence-electron chi connectivity index (χ2n) is 9.46. The van der Waals surface area contributed by atoms with Crippen LogP contribution in [0.2, 0.25) is 0 Å². The van der Waals surface area contributed by atoms with Crippen molar-refractivity contribution in [3.63, 3.8) is 0 Å². The van der Waals surface area contributed by atoms with Crippen molar-refractivity contribution in [2.24, 2.45) is 0 Å². The highest BCUT2D eigenvalue weighted by Crippen LogP contribution is 2.45. The van der Waals surface area contributed by atoms with Crippen LogP contribution in [0.25, 0.3) is 22.3 Å². The lowest BCUT2D eigenvalue weighted by Gasteiger charge is -2.32. The van der Waals surface area contributed by atoms with Gasteiger partial charge in [0.2, 0.25) is 16.9 Å². The molecule has 0 amide bonds. The van der Waals surface area contributed by atoms with Crippen molar-refractivity contribution in [1.29, 1.82) is 0 Å². The summed E-state index contributed by atoms with van der Waals surface area (Å²) < 4.78 is 39.9. The molecule has 1 aromatic heterocycles. The molecule has 0 unspecified atom stereocenters. The van der Waals surface area contributed by atoms with E-state index in [9.17, 15) is 4.79 Å². The van der Waals surface area contributed by atoms with E-state index in [2.05, 4.69) is 15.9 Å². The number of rotatable bonds is 10. The highest BCUT2D eigenvalue weighted by Gasteiger charge is 2.32. The molecule has 1 heterocycles. The third kappa shape index (κ3) is 5.67. The zero-order valence-corrected chi connectivity index (χ0v) is 23.7. The number of fused-ring (bicyclic) bond motifs is 1. The van der Waals surface area contributed by atoms with Crippen molar-refractivity contribution in [2.75, 3.05) is 35.5 Å². The van der Waals surface area contributed by atoms with Crippen LogP contribution in [0.1, 0.15) is 34.1 Å². The van der Waals surface area contributed by atoms with E-state index >= 15 is 0 Å². The van der Waals surface area contributed by atoms with Gasteiger partial charge in [-0.2, -0.15) is 0 Å². The Kier molecular flexibility index (Phi) is 8.03. The van der Waals surface area contributed by atoms with Crippen LogP contribution in [0.15, 0.2) is 33.5 Å². The first-order chi connectivity index (χ1) is 16.9. The Morgan fingerprint density at radius 2 is 1.36 bits per heavy atom. The third-order valence-corrected chi connectivity index (χ3v) is 5.78. The lowest BCUT2D eigenvalue weighted by Crippen LogP contribution is -2.36. The number of hydrogen-bond acceptors (Lipinski definition) is 8. The first kappa shape index (κ1) is 27.5. The van der Waals surface area contributed by atoms with Crippen LogP contribution in [0.3, 0.4) is 0 Å². The van der Waals surface area contributed by atoms with Gasteiger partial charge in [-0.05, 0) is 39.8 Å². The quantitative estimate of drug-likeness (QED) is 0.268.